The zero-order valence-corrected chi connectivity index (χ0v) is 19.0. The lowest BCUT2D eigenvalue weighted by Crippen LogP contribution is -2.52. The fourth-order valence-electron chi connectivity index (χ4n) is 4.73. The highest BCUT2D eigenvalue weighted by molar-refractivity contribution is 5.84. The Hall–Kier alpha value is -2.87. The van der Waals surface area contributed by atoms with Gasteiger partial charge in [-0.1, -0.05) is 0 Å². The molecule has 3 aliphatic heterocycles. The Morgan fingerprint density at radius 2 is 2.00 bits per heavy atom. The summed E-state index contributed by atoms with van der Waals surface area (Å²) in [6.45, 7) is 8.13. The Kier molecular flexibility index (Phi) is 5.41. The number of methoxy groups -OCH3 is 1. The van der Waals surface area contributed by atoms with Crippen LogP contribution in [0.5, 0.6) is 11.6 Å². The van der Waals surface area contributed by atoms with E-state index in [9.17, 15) is 4.79 Å². The smallest absolute Gasteiger partial charge is 0.233 e. The van der Waals surface area contributed by atoms with E-state index in [-0.39, 0.29) is 17.4 Å². The van der Waals surface area contributed by atoms with Gasteiger partial charge < -0.3 is 24.0 Å². The molecule has 8 nitrogen and oxygen atoms in total. The third-order valence-electron chi connectivity index (χ3n) is 6.66. The molecule has 0 atom stereocenters. The standard InChI is InChI=1S/C24H30N4O4/c1-16-10-17-12-28(23(29)24(2)14-31-15-24)13-20(17)26-22(16)27-8-6-18(7-9-27)32-19-4-5-21(30-3)25-11-19/h4-5,10-11,18H,6-9,12-15H2,1-3H3. The van der Waals surface area contributed by atoms with Gasteiger partial charge in [0, 0.05) is 38.5 Å². The molecule has 5 heterocycles. The van der Waals surface area contributed by atoms with Crippen molar-refractivity contribution in [2.24, 2.45) is 5.41 Å². The van der Waals surface area contributed by atoms with Crippen LogP contribution >= 0.6 is 0 Å². The molecule has 3 aliphatic rings. The molecular formula is C24H30N4O4. The summed E-state index contributed by atoms with van der Waals surface area (Å²) in [7, 11) is 1.60. The minimum Gasteiger partial charge on any atom is -0.489 e. The fourth-order valence-corrected chi connectivity index (χ4v) is 4.73. The SMILES string of the molecule is COc1ccc(OC2CCN(c3nc4c(cc3C)CN(C(=O)C3(C)COC3)C4)CC2)cn1. The third-order valence-corrected chi connectivity index (χ3v) is 6.66. The highest BCUT2D eigenvalue weighted by atomic mass is 16.5. The molecule has 0 saturated carbocycles. The molecule has 0 radical (unpaired) electrons. The topological polar surface area (TPSA) is 77.0 Å². The van der Waals surface area contributed by atoms with E-state index in [1.165, 1.54) is 0 Å². The second-order valence-corrected chi connectivity index (χ2v) is 9.29. The van der Waals surface area contributed by atoms with Crippen LogP contribution in [-0.2, 0) is 22.6 Å². The molecule has 0 aromatic carbocycles. The van der Waals surface area contributed by atoms with Gasteiger partial charge in [0.05, 0.1) is 44.2 Å². The van der Waals surface area contributed by atoms with Crippen molar-refractivity contribution in [1.82, 2.24) is 14.9 Å². The number of fused-ring (bicyclic) bond motifs is 1. The van der Waals surface area contributed by atoms with Crippen LogP contribution < -0.4 is 14.4 Å². The number of carbonyl (C=O) groups excluding carboxylic acids is 1. The second-order valence-electron chi connectivity index (χ2n) is 9.29. The van der Waals surface area contributed by atoms with E-state index in [0.717, 1.165) is 54.3 Å². The van der Waals surface area contributed by atoms with Gasteiger partial charge in [-0.3, -0.25) is 4.79 Å². The molecule has 5 rings (SSSR count). The van der Waals surface area contributed by atoms with Crippen LogP contribution in [0.3, 0.4) is 0 Å². The third kappa shape index (κ3) is 3.88. The number of aryl methyl sites for hydroxylation is 1. The monoisotopic (exact) mass is 438 g/mol. The number of amides is 1. The maximum absolute atomic E-state index is 12.9. The number of pyridine rings is 2. The Morgan fingerprint density at radius 1 is 1.22 bits per heavy atom. The molecule has 170 valence electrons. The number of hydrogen-bond donors (Lipinski definition) is 0. The van der Waals surface area contributed by atoms with Crippen molar-refractivity contribution in [3.05, 3.63) is 41.2 Å². The lowest BCUT2D eigenvalue weighted by Gasteiger charge is -2.39. The molecule has 0 unspecified atom stereocenters. The molecule has 2 fully saturated rings. The molecule has 0 N–H and O–H groups in total. The summed E-state index contributed by atoms with van der Waals surface area (Å²) in [6, 6.07) is 5.92. The maximum Gasteiger partial charge on any atom is 0.233 e. The number of hydrogen-bond acceptors (Lipinski definition) is 7. The van der Waals surface area contributed by atoms with Gasteiger partial charge in [-0.15, -0.1) is 0 Å². The fraction of sp³-hybridized carbons (Fsp3) is 0.542. The minimum absolute atomic E-state index is 0.162. The zero-order chi connectivity index (χ0) is 22.3. The van der Waals surface area contributed by atoms with E-state index in [1.807, 2.05) is 24.0 Å². The number of ether oxygens (including phenoxy) is 3. The number of piperidine rings is 1. The van der Waals surface area contributed by atoms with Gasteiger partial charge in [0.25, 0.3) is 0 Å². The first kappa shape index (κ1) is 21.0. The minimum atomic E-state index is -0.374. The second kappa shape index (κ2) is 8.24. The van der Waals surface area contributed by atoms with Crippen LogP contribution in [-0.4, -0.2) is 60.3 Å². The first-order valence-corrected chi connectivity index (χ1v) is 11.2. The van der Waals surface area contributed by atoms with Gasteiger partial charge in [-0.05, 0) is 37.1 Å². The van der Waals surface area contributed by atoms with Crippen LogP contribution in [0.4, 0.5) is 5.82 Å². The molecule has 2 aromatic rings. The Labute approximate surface area is 188 Å². The highest BCUT2D eigenvalue weighted by Crippen LogP contribution is 2.35. The van der Waals surface area contributed by atoms with Crippen LogP contribution in [0, 0.1) is 12.3 Å². The molecule has 2 saturated heterocycles. The molecule has 0 bridgehead atoms. The molecule has 1 amide bonds. The van der Waals surface area contributed by atoms with E-state index in [4.69, 9.17) is 19.2 Å². The first-order chi connectivity index (χ1) is 15.4. The lowest BCUT2D eigenvalue weighted by atomic mass is 9.87. The van der Waals surface area contributed by atoms with Crippen molar-refractivity contribution >= 4 is 11.7 Å². The molecule has 0 spiro atoms. The van der Waals surface area contributed by atoms with Gasteiger partial charge in [0.1, 0.15) is 17.7 Å². The van der Waals surface area contributed by atoms with Gasteiger partial charge in [-0.2, -0.15) is 0 Å². The number of nitrogens with zero attached hydrogens (tertiary/aromatic N) is 4. The summed E-state index contributed by atoms with van der Waals surface area (Å²) in [5.74, 6) is 2.56. The molecule has 32 heavy (non-hydrogen) atoms. The zero-order valence-electron chi connectivity index (χ0n) is 19.0. The van der Waals surface area contributed by atoms with Crippen LogP contribution in [0.2, 0.25) is 0 Å². The van der Waals surface area contributed by atoms with E-state index in [1.54, 1.807) is 13.3 Å². The lowest BCUT2D eigenvalue weighted by molar-refractivity contribution is -0.169. The summed E-state index contributed by atoms with van der Waals surface area (Å²) in [5, 5.41) is 0. The average Bonchev–Trinajstić information content (AvgIpc) is 3.20. The first-order valence-electron chi connectivity index (χ1n) is 11.2. The average molecular weight is 439 g/mol. The molecular weight excluding hydrogens is 408 g/mol. The van der Waals surface area contributed by atoms with Gasteiger partial charge in [0.15, 0.2) is 0 Å². The molecule has 2 aromatic heterocycles. The predicted octanol–water partition coefficient (Wildman–Crippen LogP) is 2.72. The largest absolute Gasteiger partial charge is 0.489 e. The maximum atomic E-state index is 12.9. The Balaban J connectivity index is 1.21. The van der Waals surface area contributed by atoms with Gasteiger partial charge >= 0.3 is 0 Å². The normalized spacial score (nSPS) is 20.0. The van der Waals surface area contributed by atoms with E-state index in [0.29, 0.717) is 32.2 Å². The summed E-state index contributed by atoms with van der Waals surface area (Å²) in [5.41, 5.74) is 2.97. The van der Waals surface area contributed by atoms with E-state index >= 15 is 0 Å². The number of anilines is 1. The van der Waals surface area contributed by atoms with Crippen LogP contribution in [0.15, 0.2) is 24.4 Å². The van der Waals surface area contributed by atoms with Gasteiger partial charge in [0.2, 0.25) is 11.8 Å². The van der Waals surface area contributed by atoms with E-state index in [2.05, 4.69) is 22.9 Å². The van der Waals surface area contributed by atoms with Crippen molar-refractivity contribution in [2.75, 3.05) is 38.3 Å². The molecule has 8 heteroatoms. The Bertz CT molecular complexity index is 998. The van der Waals surface area contributed by atoms with Crippen molar-refractivity contribution in [3.8, 4) is 11.6 Å². The summed E-state index contributed by atoms with van der Waals surface area (Å²) in [4.78, 5) is 26.4. The predicted molar refractivity (Wildman–Crippen MR) is 119 cm³/mol. The highest BCUT2D eigenvalue weighted by Gasteiger charge is 2.45. The van der Waals surface area contributed by atoms with Crippen molar-refractivity contribution in [2.45, 2.75) is 45.9 Å². The number of carbonyl (C=O) groups is 1. The summed E-state index contributed by atoms with van der Waals surface area (Å²) < 4.78 is 16.5. The van der Waals surface area contributed by atoms with Crippen molar-refractivity contribution in [3.63, 3.8) is 0 Å². The molecule has 0 aliphatic carbocycles. The quantitative estimate of drug-likeness (QED) is 0.710. The Morgan fingerprint density at radius 3 is 2.62 bits per heavy atom. The van der Waals surface area contributed by atoms with Crippen molar-refractivity contribution < 1.29 is 19.0 Å². The van der Waals surface area contributed by atoms with E-state index < -0.39 is 0 Å². The summed E-state index contributed by atoms with van der Waals surface area (Å²) in [6.07, 6.45) is 3.72. The van der Waals surface area contributed by atoms with Crippen LogP contribution in [0.1, 0.15) is 36.6 Å². The van der Waals surface area contributed by atoms with Crippen LogP contribution in [0.25, 0.3) is 0 Å². The number of rotatable bonds is 5. The van der Waals surface area contributed by atoms with Gasteiger partial charge in [-0.25, -0.2) is 9.97 Å². The summed E-state index contributed by atoms with van der Waals surface area (Å²) >= 11 is 0. The van der Waals surface area contributed by atoms with Crippen molar-refractivity contribution in [1.29, 1.82) is 0 Å². The number of aromatic nitrogens is 2.